The smallest absolute Gasteiger partial charge is 0.228 e. The van der Waals surface area contributed by atoms with Gasteiger partial charge in [-0.1, -0.05) is 0 Å². The largest absolute Gasteiger partial charge is 0.310 e. The van der Waals surface area contributed by atoms with Crippen LogP contribution in [0.1, 0.15) is 18.4 Å². The van der Waals surface area contributed by atoms with Crippen molar-refractivity contribution >= 4 is 22.5 Å². The SMILES string of the molecule is CN1CCC(C(=O)Nc2cc3cc(-c4cncc(C#N)c4)ncc3cn2)CC1. The summed E-state index contributed by atoms with van der Waals surface area (Å²) in [7, 11) is 2.08. The molecule has 1 fully saturated rings. The molecule has 0 radical (unpaired) electrons. The van der Waals surface area contributed by atoms with Gasteiger partial charge < -0.3 is 10.2 Å². The van der Waals surface area contributed by atoms with Crippen LogP contribution in [0.5, 0.6) is 0 Å². The minimum Gasteiger partial charge on any atom is -0.310 e. The monoisotopic (exact) mass is 372 g/mol. The molecule has 0 saturated carbocycles. The van der Waals surface area contributed by atoms with Crippen molar-refractivity contribution in [3.05, 3.63) is 48.5 Å². The second kappa shape index (κ2) is 7.71. The van der Waals surface area contributed by atoms with Crippen molar-refractivity contribution in [1.82, 2.24) is 19.9 Å². The molecule has 0 spiro atoms. The molecule has 1 aliphatic rings. The first-order chi connectivity index (χ1) is 13.6. The lowest BCUT2D eigenvalue weighted by molar-refractivity contribution is -0.121. The van der Waals surface area contributed by atoms with Crippen LogP contribution in [-0.4, -0.2) is 45.9 Å². The summed E-state index contributed by atoms with van der Waals surface area (Å²) in [5, 5.41) is 13.8. The number of anilines is 1. The van der Waals surface area contributed by atoms with Crippen LogP contribution in [0.15, 0.2) is 43.0 Å². The van der Waals surface area contributed by atoms with E-state index < -0.39 is 0 Å². The zero-order valence-corrected chi connectivity index (χ0v) is 15.6. The number of nitriles is 1. The van der Waals surface area contributed by atoms with Crippen molar-refractivity contribution in [3.8, 4) is 17.3 Å². The first-order valence-electron chi connectivity index (χ1n) is 9.23. The predicted molar refractivity (Wildman–Crippen MR) is 106 cm³/mol. The lowest BCUT2D eigenvalue weighted by Gasteiger charge is -2.27. The summed E-state index contributed by atoms with van der Waals surface area (Å²) in [4.78, 5) is 27.7. The van der Waals surface area contributed by atoms with Gasteiger partial charge in [-0.05, 0) is 56.6 Å². The molecule has 140 valence electrons. The number of carbonyl (C=O) groups excluding carboxylic acids is 1. The van der Waals surface area contributed by atoms with Gasteiger partial charge in [0.2, 0.25) is 5.91 Å². The lowest BCUT2D eigenvalue weighted by atomic mass is 9.96. The van der Waals surface area contributed by atoms with Gasteiger partial charge in [0.15, 0.2) is 0 Å². The number of rotatable bonds is 3. The molecule has 4 rings (SSSR count). The number of nitrogens with one attached hydrogen (secondary N) is 1. The summed E-state index contributed by atoms with van der Waals surface area (Å²) in [6.07, 6.45) is 8.38. The number of aromatic nitrogens is 3. The summed E-state index contributed by atoms with van der Waals surface area (Å²) in [6, 6.07) is 7.62. The van der Waals surface area contributed by atoms with Crippen LogP contribution in [0.4, 0.5) is 5.82 Å². The van der Waals surface area contributed by atoms with E-state index in [0.717, 1.165) is 48.0 Å². The van der Waals surface area contributed by atoms with Crippen molar-refractivity contribution in [2.75, 3.05) is 25.5 Å². The summed E-state index contributed by atoms with van der Waals surface area (Å²) in [5.74, 6) is 0.596. The van der Waals surface area contributed by atoms with E-state index in [9.17, 15) is 4.79 Å². The Hall–Kier alpha value is -3.37. The van der Waals surface area contributed by atoms with Crippen LogP contribution in [0, 0.1) is 17.2 Å². The van der Waals surface area contributed by atoms with Crippen molar-refractivity contribution in [1.29, 1.82) is 5.26 Å². The number of hydrogen-bond donors (Lipinski definition) is 1. The molecule has 0 aliphatic carbocycles. The Kier molecular flexibility index (Phi) is 4.96. The van der Waals surface area contributed by atoms with Crippen LogP contribution in [0.2, 0.25) is 0 Å². The third-order valence-corrected chi connectivity index (χ3v) is 5.11. The van der Waals surface area contributed by atoms with E-state index in [1.165, 1.54) is 6.20 Å². The quantitative estimate of drug-likeness (QED) is 0.760. The molecule has 3 aromatic rings. The molecule has 0 bridgehead atoms. The first-order valence-corrected chi connectivity index (χ1v) is 9.23. The summed E-state index contributed by atoms with van der Waals surface area (Å²) in [5.41, 5.74) is 1.98. The van der Waals surface area contributed by atoms with Gasteiger partial charge in [-0.2, -0.15) is 5.26 Å². The van der Waals surface area contributed by atoms with E-state index in [1.807, 2.05) is 12.1 Å². The van der Waals surface area contributed by atoms with Gasteiger partial charge in [-0.25, -0.2) is 4.98 Å². The fraction of sp³-hybridized carbons (Fsp3) is 0.286. The highest BCUT2D eigenvalue weighted by Gasteiger charge is 2.23. The molecule has 1 amide bonds. The number of likely N-dealkylation sites (tertiary alicyclic amines) is 1. The maximum Gasteiger partial charge on any atom is 0.228 e. The minimum absolute atomic E-state index is 0.0279. The van der Waals surface area contributed by atoms with Crippen LogP contribution < -0.4 is 5.32 Å². The number of amides is 1. The molecule has 1 saturated heterocycles. The second-order valence-corrected chi connectivity index (χ2v) is 7.13. The molecule has 1 aliphatic heterocycles. The Morgan fingerprint density at radius 1 is 1.11 bits per heavy atom. The van der Waals surface area contributed by atoms with Gasteiger partial charge in [0.1, 0.15) is 11.9 Å². The van der Waals surface area contributed by atoms with Crippen molar-refractivity contribution < 1.29 is 4.79 Å². The zero-order chi connectivity index (χ0) is 19.5. The second-order valence-electron chi connectivity index (χ2n) is 7.13. The number of pyridine rings is 3. The highest BCUT2D eigenvalue weighted by Crippen LogP contribution is 2.24. The van der Waals surface area contributed by atoms with Crippen molar-refractivity contribution in [2.45, 2.75) is 12.8 Å². The molecule has 0 unspecified atom stereocenters. The Labute approximate surface area is 163 Å². The Morgan fingerprint density at radius 3 is 2.68 bits per heavy atom. The molecular formula is C21H20N6O. The Morgan fingerprint density at radius 2 is 1.89 bits per heavy atom. The first kappa shape index (κ1) is 18.0. The number of piperidine rings is 1. The fourth-order valence-electron chi connectivity index (χ4n) is 3.40. The summed E-state index contributed by atoms with van der Waals surface area (Å²) >= 11 is 0. The molecule has 7 heteroatoms. The van der Waals surface area contributed by atoms with Gasteiger partial charge in [-0.15, -0.1) is 0 Å². The van der Waals surface area contributed by atoms with Crippen LogP contribution in [0.3, 0.4) is 0 Å². The van der Waals surface area contributed by atoms with E-state index in [4.69, 9.17) is 5.26 Å². The molecule has 0 aromatic carbocycles. The third-order valence-electron chi connectivity index (χ3n) is 5.11. The lowest BCUT2D eigenvalue weighted by Crippen LogP contribution is -2.36. The molecule has 3 aromatic heterocycles. The Bertz CT molecular complexity index is 1070. The van der Waals surface area contributed by atoms with Crippen LogP contribution in [0.25, 0.3) is 22.0 Å². The van der Waals surface area contributed by atoms with Crippen LogP contribution >= 0.6 is 0 Å². The average molecular weight is 372 g/mol. The van der Waals surface area contributed by atoms with Gasteiger partial charge >= 0.3 is 0 Å². The van der Waals surface area contributed by atoms with E-state index in [-0.39, 0.29) is 11.8 Å². The molecule has 0 atom stereocenters. The highest BCUT2D eigenvalue weighted by molar-refractivity contribution is 5.94. The maximum atomic E-state index is 12.5. The molecular weight excluding hydrogens is 352 g/mol. The number of hydrogen-bond acceptors (Lipinski definition) is 6. The topological polar surface area (TPSA) is 94.8 Å². The van der Waals surface area contributed by atoms with Gasteiger partial charge in [0.25, 0.3) is 0 Å². The number of carbonyl (C=O) groups is 1. The fourth-order valence-corrected chi connectivity index (χ4v) is 3.40. The highest BCUT2D eigenvalue weighted by atomic mass is 16.1. The zero-order valence-electron chi connectivity index (χ0n) is 15.6. The summed E-state index contributed by atoms with van der Waals surface area (Å²) < 4.78 is 0. The Balaban J connectivity index is 1.57. The van der Waals surface area contributed by atoms with Crippen molar-refractivity contribution in [2.24, 2.45) is 5.92 Å². The molecule has 1 N–H and O–H groups in total. The van der Waals surface area contributed by atoms with Gasteiger partial charge in [-0.3, -0.25) is 14.8 Å². The maximum absolute atomic E-state index is 12.5. The average Bonchev–Trinajstić information content (AvgIpc) is 2.73. The standard InChI is InChI=1S/C21H20N6O/c1-27-4-2-15(3-5-27)21(28)26-20-8-16-7-19(24-12-18(16)13-25-20)17-6-14(9-22)10-23-11-17/h6-8,10-13,15H,2-5H2,1H3,(H,25,26,28). The van der Waals surface area contributed by atoms with E-state index in [0.29, 0.717) is 11.4 Å². The summed E-state index contributed by atoms with van der Waals surface area (Å²) in [6.45, 7) is 1.88. The molecule has 4 heterocycles. The number of fused-ring (bicyclic) bond motifs is 1. The van der Waals surface area contributed by atoms with E-state index in [2.05, 4.69) is 38.3 Å². The molecule has 28 heavy (non-hydrogen) atoms. The molecule has 7 nitrogen and oxygen atoms in total. The van der Waals surface area contributed by atoms with Gasteiger partial charge in [0.05, 0.1) is 11.3 Å². The minimum atomic E-state index is 0.0279. The number of nitrogens with zero attached hydrogens (tertiary/aromatic N) is 5. The normalized spacial score (nSPS) is 15.3. The van der Waals surface area contributed by atoms with E-state index in [1.54, 1.807) is 24.7 Å². The predicted octanol–water partition coefficient (Wildman–Crippen LogP) is 2.84. The van der Waals surface area contributed by atoms with E-state index >= 15 is 0 Å². The van der Waals surface area contributed by atoms with Crippen LogP contribution in [-0.2, 0) is 4.79 Å². The van der Waals surface area contributed by atoms with Crippen molar-refractivity contribution in [3.63, 3.8) is 0 Å². The van der Waals surface area contributed by atoms with Gasteiger partial charge in [0, 0.05) is 41.7 Å². The third kappa shape index (κ3) is 3.82.